The Labute approximate surface area is 111 Å². The SMILES string of the molecule is Cc1ccc(N(C)C(=O)c2cc(C#N)ccn2)cc1. The first-order valence-corrected chi connectivity index (χ1v) is 5.82. The monoisotopic (exact) mass is 251 g/mol. The van der Waals surface area contributed by atoms with Crippen LogP contribution in [0.1, 0.15) is 21.6 Å². The van der Waals surface area contributed by atoms with Crippen molar-refractivity contribution in [2.45, 2.75) is 6.92 Å². The molecule has 1 aromatic heterocycles. The zero-order valence-corrected chi connectivity index (χ0v) is 10.8. The Balaban J connectivity index is 2.28. The second-order valence-corrected chi connectivity index (χ2v) is 4.24. The topological polar surface area (TPSA) is 57.0 Å². The van der Waals surface area contributed by atoms with E-state index in [0.717, 1.165) is 11.3 Å². The minimum Gasteiger partial charge on any atom is -0.310 e. The molecular weight excluding hydrogens is 238 g/mol. The Morgan fingerprint density at radius 3 is 2.58 bits per heavy atom. The van der Waals surface area contributed by atoms with Crippen molar-refractivity contribution in [1.29, 1.82) is 5.26 Å². The van der Waals surface area contributed by atoms with Gasteiger partial charge in [0.1, 0.15) is 5.69 Å². The summed E-state index contributed by atoms with van der Waals surface area (Å²) in [4.78, 5) is 17.8. The van der Waals surface area contributed by atoms with Gasteiger partial charge >= 0.3 is 0 Å². The van der Waals surface area contributed by atoms with Gasteiger partial charge in [-0.25, -0.2) is 0 Å². The fourth-order valence-electron chi connectivity index (χ4n) is 1.67. The number of nitrogens with zero attached hydrogens (tertiary/aromatic N) is 3. The van der Waals surface area contributed by atoms with Gasteiger partial charge in [-0.05, 0) is 31.2 Å². The molecule has 0 bridgehead atoms. The fourth-order valence-corrected chi connectivity index (χ4v) is 1.67. The zero-order chi connectivity index (χ0) is 13.8. The third kappa shape index (κ3) is 2.78. The van der Waals surface area contributed by atoms with Gasteiger partial charge in [0.2, 0.25) is 0 Å². The molecule has 0 radical (unpaired) electrons. The number of amides is 1. The number of benzene rings is 1. The molecule has 1 amide bonds. The largest absolute Gasteiger partial charge is 0.310 e. The van der Waals surface area contributed by atoms with Crippen LogP contribution in [-0.4, -0.2) is 17.9 Å². The van der Waals surface area contributed by atoms with E-state index in [2.05, 4.69) is 4.98 Å². The molecule has 0 fully saturated rings. The number of nitriles is 1. The number of aryl methyl sites for hydroxylation is 1. The summed E-state index contributed by atoms with van der Waals surface area (Å²) < 4.78 is 0. The molecule has 0 aliphatic heterocycles. The number of hydrogen-bond donors (Lipinski definition) is 0. The smallest absolute Gasteiger partial charge is 0.276 e. The predicted octanol–water partition coefficient (Wildman–Crippen LogP) is 2.54. The van der Waals surface area contributed by atoms with E-state index in [0.29, 0.717) is 5.56 Å². The highest BCUT2D eigenvalue weighted by molar-refractivity contribution is 6.04. The fraction of sp³-hybridized carbons (Fsp3) is 0.133. The van der Waals surface area contributed by atoms with Crippen molar-refractivity contribution in [2.24, 2.45) is 0 Å². The van der Waals surface area contributed by atoms with Gasteiger partial charge in [0.25, 0.3) is 5.91 Å². The normalized spacial score (nSPS) is 9.74. The van der Waals surface area contributed by atoms with Crippen molar-refractivity contribution in [3.63, 3.8) is 0 Å². The van der Waals surface area contributed by atoms with Crippen LogP contribution in [0.2, 0.25) is 0 Å². The maximum atomic E-state index is 12.3. The lowest BCUT2D eigenvalue weighted by Gasteiger charge is -2.17. The molecule has 4 nitrogen and oxygen atoms in total. The van der Waals surface area contributed by atoms with Crippen LogP contribution < -0.4 is 4.90 Å². The number of carbonyl (C=O) groups excluding carboxylic acids is 1. The van der Waals surface area contributed by atoms with E-state index in [1.165, 1.54) is 17.2 Å². The van der Waals surface area contributed by atoms with Crippen LogP contribution >= 0.6 is 0 Å². The highest BCUT2D eigenvalue weighted by Crippen LogP contribution is 2.15. The molecule has 0 aliphatic rings. The number of carbonyl (C=O) groups is 1. The number of aromatic nitrogens is 1. The molecule has 0 unspecified atom stereocenters. The lowest BCUT2D eigenvalue weighted by Crippen LogP contribution is -2.27. The van der Waals surface area contributed by atoms with Crippen LogP contribution in [0.15, 0.2) is 42.6 Å². The van der Waals surface area contributed by atoms with E-state index in [-0.39, 0.29) is 11.6 Å². The Kier molecular flexibility index (Phi) is 3.58. The second kappa shape index (κ2) is 5.32. The van der Waals surface area contributed by atoms with E-state index >= 15 is 0 Å². The molecule has 19 heavy (non-hydrogen) atoms. The molecular formula is C15H13N3O. The molecule has 0 aliphatic carbocycles. The van der Waals surface area contributed by atoms with E-state index in [1.54, 1.807) is 13.1 Å². The van der Waals surface area contributed by atoms with Crippen LogP contribution in [0.3, 0.4) is 0 Å². The summed E-state index contributed by atoms with van der Waals surface area (Å²) in [6.07, 6.45) is 1.47. The maximum Gasteiger partial charge on any atom is 0.276 e. The molecule has 0 saturated carbocycles. The van der Waals surface area contributed by atoms with Gasteiger partial charge in [-0.1, -0.05) is 17.7 Å². The molecule has 4 heteroatoms. The first-order valence-electron chi connectivity index (χ1n) is 5.82. The third-order valence-electron chi connectivity index (χ3n) is 2.83. The van der Waals surface area contributed by atoms with Crippen LogP contribution in [0, 0.1) is 18.3 Å². The van der Waals surface area contributed by atoms with E-state index < -0.39 is 0 Å². The molecule has 0 atom stereocenters. The van der Waals surface area contributed by atoms with Gasteiger partial charge < -0.3 is 4.90 Å². The summed E-state index contributed by atoms with van der Waals surface area (Å²) >= 11 is 0. The minimum absolute atomic E-state index is 0.235. The van der Waals surface area contributed by atoms with Gasteiger partial charge in [-0.15, -0.1) is 0 Å². The van der Waals surface area contributed by atoms with E-state index in [4.69, 9.17) is 5.26 Å². The average Bonchev–Trinajstić information content (AvgIpc) is 2.46. The third-order valence-corrected chi connectivity index (χ3v) is 2.83. The summed E-state index contributed by atoms with van der Waals surface area (Å²) in [5, 5.41) is 8.83. The lowest BCUT2D eigenvalue weighted by atomic mass is 10.2. The summed E-state index contributed by atoms with van der Waals surface area (Å²) in [6, 6.07) is 12.7. The van der Waals surface area contributed by atoms with Crippen molar-refractivity contribution < 1.29 is 4.79 Å². The number of pyridine rings is 1. The molecule has 0 spiro atoms. The number of anilines is 1. The van der Waals surface area contributed by atoms with Gasteiger partial charge in [-0.2, -0.15) is 5.26 Å². The van der Waals surface area contributed by atoms with Crippen molar-refractivity contribution >= 4 is 11.6 Å². The van der Waals surface area contributed by atoms with E-state index in [9.17, 15) is 4.79 Å². The minimum atomic E-state index is -0.235. The standard InChI is InChI=1S/C15H13N3O/c1-11-3-5-13(6-4-11)18(2)15(19)14-9-12(10-16)7-8-17-14/h3-9H,1-2H3. The summed E-state index contributed by atoms with van der Waals surface area (Å²) in [7, 11) is 1.69. The van der Waals surface area contributed by atoms with Gasteiger partial charge in [0.15, 0.2) is 0 Å². The molecule has 1 heterocycles. The predicted molar refractivity (Wildman–Crippen MR) is 72.9 cm³/mol. The van der Waals surface area contributed by atoms with Crippen LogP contribution in [0.4, 0.5) is 5.69 Å². The maximum absolute atomic E-state index is 12.3. The van der Waals surface area contributed by atoms with Crippen LogP contribution in [0.25, 0.3) is 0 Å². The highest BCUT2D eigenvalue weighted by Gasteiger charge is 2.15. The quantitative estimate of drug-likeness (QED) is 0.824. The molecule has 2 rings (SSSR count). The average molecular weight is 251 g/mol. The second-order valence-electron chi connectivity index (χ2n) is 4.24. The van der Waals surface area contributed by atoms with Crippen molar-refractivity contribution in [3.05, 3.63) is 59.4 Å². The Morgan fingerprint density at radius 2 is 1.95 bits per heavy atom. The van der Waals surface area contributed by atoms with Gasteiger partial charge in [0, 0.05) is 18.9 Å². The lowest BCUT2D eigenvalue weighted by molar-refractivity contribution is 0.0988. The Morgan fingerprint density at radius 1 is 1.26 bits per heavy atom. The summed E-state index contributed by atoms with van der Waals surface area (Å²) in [5.74, 6) is -0.235. The molecule has 94 valence electrons. The highest BCUT2D eigenvalue weighted by atomic mass is 16.2. The van der Waals surface area contributed by atoms with Crippen molar-refractivity contribution in [1.82, 2.24) is 4.98 Å². The zero-order valence-electron chi connectivity index (χ0n) is 10.8. The first-order chi connectivity index (χ1) is 9.11. The molecule has 0 saturated heterocycles. The van der Waals surface area contributed by atoms with Crippen molar-refractivity contribution in [2.75, 3.05) is 11.9 Å². The summed E-state index contributed by atoms with van der Waals surface area (Å²) in [5.41, 5.74) is 2.62. The van der Waals surface area contributed by atoms with Crippen molar-refractivity contribution in [3.8, 4) is 6.07 Å². The number of rotatable bonds is 2. The van der Waals surface area contributed by atoms with Gasteiger partial charge in [0.05, 0.1) is 11.6 Å². The Hall–Kier alpha value is -2.67. The number of hydrogen-bond acceptors (Lipinski definition) is 3. The first kappa shape index (κ1) is 12.8. The molecule has 1 aromatic carbocycles. The van der Waals surface area contributed by atoms with Crippen LogP contribution in [0.5, 0.6) is 0 Å². The van der Waals surface area contributed by atoms with Gasteiger partial charge in [-0.3, -0.25) is 9.78 Å². The van der Waals surface area contributed by atoms with E-state index in [1.807, 2.05) is 37.3 Å². The van der Waals surface area contributed by atoms with Crippen LogP contribution in [-0.2, 0) is 0 Å². The summed E-state index contributed by atoms with van der Waals surface area (Å²) in [6.45, 7) is 1.99. The molecule has 0 N–H and O–H groups in total. The Bertz CT molecular complexity index is 641. The molecule has 2 aromatic rings.